The number of aryl methyl sites for hydroxylation is 2. The van der Waals surface area contributed by atoms with E-state index in [1.165, 1.54) is 9.75 Å². The summed E-state index contributed by atoms with van der Waals surface area (Å²) in [6, 6.07) is 4.31. The van der Waals surface area contributed by atoms with E-state index >= 15 is 0 Å². The van der Waals surface area contributed by atoms with Gasteiger partial charge in [-0.15, -0.1) is 11.3 Å². The molecule has 6 nitrogen and oxygen atoms in total. The molecule has 1 fully saturated rings. The van der Waals surface area contributed by atoms with Crippen LogP contribution in [0, 0.1) is 13.8 Å². The van der Waals surface area contributed by atoms with Crippen LogP contribution in [0.1, 0.15) is 46.4 Å². The van der Waals surface area contributed by atoms with Crippen molar-refractivity contribution in [2.24, 2.45) is 0 Å². The van der Waals surface area contributed by atoms with Crippen molar-refractivity contribution in [3.05, 3.63) is 33.6 Å². The first kappa shape index (κ1) is 20.0. The molecule has 1 amide bonds. The normalized spacial score (nSPS) is 16.0. The summed E-state index contributed by atoms with van der Waals surface area (Å²) in [7, 11) is 2.12. The minimum Gasteiger partial charge on any atom is -0.337 e. The number of pyridine rings is 1. The fourth-order valence-electron chi connectivity index (χ4n) is 4.02. The van der Waals surface area contributed by atoms with Crippen molar-refractivity contribution in [1.82, 2.24) is 24.6 Å². The van der Waals surface area contributed by atoms with Crippen LogP contribution in [-0.4, -0.2) is 63.7 Å². The lowest BCUT2D eigenvalue weighted by Gasteiger charge is -2.21. The molecule has 29 heavy (non-hydrogen) atoms. The van der Waals surface area contributed by atoms with Crippen LogP contribution in [0.25, 0.3) is 22.3 Å². The van der Waals surface area contributed by atoms with Crippen molar-refractivity contribution < 1.29 is 4.79 Å². The molecule has 0 bridgehead atoms. The van der Waals surface area contributed by atoms with Gasteiger partial charge in [0.2, 0.25) is 0 Å². The quantitative estimate of drug-likeness (QED) is 0.650. The van der Waals surface area contributed by atoms with Gasteiger partial charge in [-0.25, -0.2) is 9.67 Å². The molecule has 0 aromatic carbocycles. The zero-order valence-electron chi connectivity index (χ0n) is 17.9. The summed E-state index contributed by atoms with van der Waals surface area (Å²) >= 11 is 1.76. The van der Waals surface area contributed by atoms with E-state index in [0.717, 1.165) is 54.9 Å². The first-order chi connectivity index (χ1) is 13.8. The van der Waals surface area contributed by atoms with Crippen LogP contribution in [-0.2, 0) is 0 Å². The van der Waals surface area contributed by atoms with Gasteiger partial charge >= 0.3 is 0 Å². The first-order valence-electron chi connectivity index (χ1n) is 10.3. The molecule has 7 heteroatoms. The molecular weight excluding hydrogens is 382 g/mol. The third-order valence-electron chi connectivity index (χ3n) is 5.61. The van der Waals surface area contributed by atoms with Crippen LogP contribution in [0.4, 0.5) is 0 Å². The molecule has 0 unspecified atom stereocenters. The van der Waals surface area contributed by atoms with E-state index in [0.29, 0.717) is 5.56 Å². The standard InChI is InChI=1S/C22H29N5OS/c1-14(2)27-21-19(13-23-27)18(22(28)26-8-6-7-25(5)9-10-26)12-20(24-21)17-11-15(3)29-16(17)4/h11-14H,6-10H2,1-5H3. The maximum absolute atomic E-state index is 13.6. The van der Waals surface area contributed by atoms with E-state index in [-0.39, 0.29) is 11.9 Å². The third kappa shape index (κ3) is 3.81. The highest BCUT2D eigenvalue weighted by Crippen LogP contribution is 2.33. The molecule has 0 N–H and O–H groups in total. The van der Waals surface area contributed by atoms with E-state index in [1.54, 1.807) is 17.5 Å². The van der Waals surface area contributed by atoms with E-state index in [9.17, 15) is 4.79 Å². The van der Waals surface area contributed by atoms with E-state index in [2.05, 4.69) is 50.8 Å². The number of thiophene rings is 1. The second-order valence-electron chi connectivity index (χ2n) is 8.25. The summed E-state index contributed by atoms with van der Waals surface area (Å²) in [5.41, 5.74) is 3.47. The zero-order chi connectivity index (χ0) is 20.7. The van der Waals surface area contributed by atoms with Crippen molar-refractivity contribution in [2.75, 3.05) is 33.2 Å². The summed E-state index contributed by atoms with van der Waals surface area (Å²) in [5, 5.41) is 5.40. The fourth-order valence-corrected chi connectivity index (χ4v) is 4.95. The Hall–Kier alpha value is -2.25. The average Bonchev–Trinajstić information content (AvgIpc) is 3.18. The molecule has 154 valence electrons. The topological polar surface area (TPSA) is 54.3 Å². The molecule has 4 rings (SSSR count). The number of nitrogens with zero attached hydrogens (tertiary/aromatic N) is 5. The Kier molecular flexibility index (Phi) is 5.44. The van der Waals surface area contributed by atoms with Gasteiger partial charge in [-0.2, -0.15) is 5.10 Å². The van der Waals surface area contributed by atoms with Crippen LogP contribution >= 0.6 is 11.3 Å². The summed E-state index contributed by atoms with van der Waals surface area (Å²) < 4.78 is 1.92. The molecule has 0 radical (unpaired) electrons. The Bertz CT molecular complexity index is 1050. The van der Waals surface area contributed by atoms with Crippen molar-refractivity contribution >= 4 is 28.3 Å². The number of aromatic nitrogens is 3. The van der Waals surface area contributed by atoms with Crippen molar-refractivity contribution in [3.8, 4) is 11.3 Å². The highest BCUT2D eigenvalue weighted by Gasteiger charge is 2.24. The number of amides is 1. The largest absolute Gasteiger partial charge is 0.337 e. The molecule has 0 aliphatic carbocycles. The third-order valence-corrected chi connectivity index (χ3v) is 6.58. The Morgan fingerprint density at radius 2 is 1.93 bits per heavy atom. The number of carbonyl (C=O) groups is 1. The molecule has 3 aromatic heterocycles. The highest BCUT2D eigenvalue weighted by molar-refractivity contribution is 7.12. The fraction of sp³-hybridized carbons (Fsp3) is 0.500. The molecule has 0 spiro atoms. The van der Waals surface area contributed by atoms with Crippen LogP contribution in [0.15, 0.2) is 18.3 Å². The van der Waals surface area contributed by atoms with Gasteiger partial charge in [0.15, 0.2) is 5.65 Å². The molecular formula is C22H29N5OS. The zero-order valence-corrected chi connectivity index (χ0v) is 18.7. The molecule has 3 aromatic rings. The SMILES string of the molecule is Cc1cc(-c2cc(C(=O)N3CCCN(C)CC3)c3cnn(C(C)C)c3n2)c(C)s1. The summed E-state index contributed by atoms with van der Waals surface area (Å²) in [4.78, 5) is 25.3. The van der Waals surface area contributed by atoms with Gasteiger partial charge in [0.05, 0.1) is 22.8 Å². The molecule has 1 aliphatic rings. The molecule has 1 aliphatic heterocycles. The number of likely N-dealkylation sites (N-methyl/N-ethyl adjacent to an activating group) is 1. The number of hydrogen-bond donors (Lipinski definition) is 0. The summed E-state index contributed by atoms with van der Waals surface area (Å²) in [6.45, 7) is 11.9. The van der Waals surface area contributed by atoms with Crippen molar-refractivity contribution in [2.45, 2.75) is 40.2 Å². The first-order valence-corrected chi connectivity index (χ1v) is 11.1. The van der Waals surface area contributed by atoms with Gasteiger partial charge in [-0.1, -0.05) is 0 Å². The maximum Gasteiger partial charge on any atom is 0.254 e. The van der Waals surface area contributed by atoms with Crippen molar-refractivity contribution in [1.29, 1.82) is 0 Å². The number of carbonyl (C=O) groups excluding carboxylic acids is 1. The van der Waals surface area contributed by atoms with E-state index in [1.807, 2.05) is 15.6 Å². The number of fused-ring (bicyclic) bond motifs is 1. The van der Waals surface area contributed by atoms with Crippen LogP contribution < -0.4 is 0 Å². The minimum atomic E-state index is 0.0851. The molecule has 0 atom stereocenters. The monoisotopic (exact) mass is 411 g/mol. The van der Waals surface area contributed by atoms with Crippen LogP contribution in [0.3, 0.4) is 0 Å². The Morgan fingerprint density at radius 3 is 2.62 bits per heavy atom. The minimum absolute atomic E-state index is 0.0851. The number of hydrogen-bond acceptors (Lipinski definition) is 5. The van der Waals surface area contributed by atoms with E-state index < -0.39 is 0 Å². The number of rotatable bonds is 3. The second-order valence-corrected chi connectivity index (χ2v) is 9.71. The van der Waals surface area contributed by atoms with Gasteiger partial charge in [0.25, 0.3) is 5.91 Å². The lowest BCUT2D eigenvalue weighted by molar-refractivity contribution is 0.0764. The van der Waals surface area contributed by atoms with Crippen LogP contribution in [0.2, 0.25) is 0 Å². The Balaban J connectivity index is 1.85. The lowest BCUT2D eigenvalue weighted by Crippen LogP contribution is -2.34. The van der Waals surface area contributed by atoms with Gasteiger partial charge in [0.1, 0.15) is 0 Å². The average molecular weight is 412 g/mol. The highest BCUT2D eigenvalue weighted by atomic mass is 32.1. The second kappa shape index (κ2) is 7.88. The molecule has 1 saturated heterocycles. The van der Waals surface area contributed by atoms with Crippen LogP contribution in [0.5, 0.6) is 0 Å². The van der Waals surface area contributed by atoms with Gasteiger partial charge in [-0.05, 0) is 59.8 Å². The van der Waals surface area contributed by atoms with E-state index in [4.69, 9.17) is 4.98 Å². The lowest BCUT2D eigenvalue weighted by atomic mass is 10.1. The predicted molar refractivity (Wildman–Crippen MR) is 119 cm³/mol. The van der Waals surface area contributed by atoms with Gasteiger partial charge in [0, 0.05) is 41.0 Å². The summed E-state index contributed by atoms with van der Waals surface area (Å²) in [5.74, 6) is 0.0851. The smallest absolute Gasteiger partial charge is 0.254 e. The maximum atomic E-state index is 13.6. The molecule has 0 saturated carbocycles. The Morgan fingerprint density at radius 1 is 1.14 bits per heavy atom. The van der Waals surface area contributed by atoms with Gasteiger partial charge in [-0.3, -0.25) is 4.79 Å². The predicted octanol–water partition coefficient (Wildman–Crippen LogP) is 4.14. The Labute approximate surface area is 176 Å². The van der Waals surface area contributed by atoms with Gasteiger partial charge < -0.3 is 9.80 Å². The van der Waals surface area contributed by atoms with Crippen molar-refractivity contribution in [3.63, 3.8) is 0 Å². The molecule has 4 heterocycles. The summed E-state index contributed by atoms with van der Waals surface area (Å²) in [6.07, 6.45) is 2.80.